The second kappa shape index (κ2) is 5.27. The van der Waals surface area contributed by atoms with Gasteiger partial charge in [0.15, 0.2) is 0 Å². The summed E-state index contributed by atoms with van der Waals surface area (Å²) in [6.07, 6.45) is 8.63. The summed E-state index contributed by atoms with van der Waals surface area (Å²) >= 11 is 0. The minimum Gasteiger partial charge on any atom is -0.381 e. The Kier molecular flexibility index (Phi) is 3.72. The third kappa shape index (κ3) is 2.39. The number of rotatable bonds is 4. The standard InChI is InChI=1S/C15H27NO/c1-2-16-15(11-6-5-9-17-10-11)14-12-7-3-4-8-13(12)14/h11-16H,2-10H2,1H3. The maximum Gasteiger partial charge on any atom is 0.0509 e. The van der Waals surface area contributed by atoms with Gasteiger partial charge in [-0.1, -0.05) is 19.8 Å². The van der Waals surface area contributed by atoms with E-state index in [1.807, 2.05) is 0 Å². The molecule has 2 nitrogen and oxygen atoms in total. The summed E-state index contributed by atoms with van der Waals surface area (Å²) in [6, 6.07) is 0.758. The van der Waals surface area contributed by atoms with Crippen molar-refractivity contribution in [3.63, 3.8) is 0 Å². The number of hydrogen-bond donors (Lipinski definition) is 1. The molecule has 0 aromatic rings. The average molecular weight is 237 g/mol. The number of nitrogens with one attached hydrogen (secondary N) is 1. The van der Waals surface area contributed by atoms with Crippen LogP contribution in [0.2, 0.25) is 0 Å². The fourth-order valence-corrected chi connectivity index (χ4v) is 4.48. The minimum absolute atomic E-state index is 0.758. The molecule has 2 aliphatic carbocycles. The lowest BCUT2D eigenvalue weighted by molar-refractivity contribution is 0.0344. The third-order valence-electron chi connectivity index (χ3n) is 5.28. The van der Waals surface area contributed by atoms with Crippen LogP contribution in [0, 0.1) is 23.7 Å². The predicted molar refractivity (Wildman–Crippen MR) is 69.9 cm³/mol. The van der Waals surface area contributed by atoms with Crippen LogP contribution in [0.4, 0.5) is 0 Å². The van der Waals surface area contributed by atoms with Crippen molar-refractivity contribution in [1.82, 2.24) is 5.32 Å². The molecule has 3 aliphatic rings. The summed E-state index contributed by atoms with van der Waals surface area (Å²) in [5.74, 6) is 3.91. The Hall–Kier alpha value is -0.0800. The largest absolute Gasteiger partial charge is 0.381 e. The van der Waals surface area contributed by atoms with Gasteiger partial charge in [-0.05, 0) is 55.9 Å². The summed E-state index contributed by atoms with van der Waals surface area (Å²) in [5.41, 5.74) is 0. The molecular weight excluding hydrogens is 210 g/mol. The normalized spacial score (nSPS) is 42.9. The smallest absolute Gasteiger partial charge is 0.0509 e. The Morgan fingerprint density at radius 1 is 1.12 bits per heavy atom. The van der Waals surface area contributed by atoms with Crippen LogP contribution in [0.5, 0.6) is 0 Å². The maximum absolute atomic E-state index is 5.70. The van der Waals surface area contributed by atoms with E-state index in [1.54, 1.807) is 0 Å². The van der Waals surface area contributed by atoms with Gasteiger partial charge in [0.05, 0.1) is 6.61 Å². The van der Waals surface area contributed by atoms with Gasteiger partial charge < -0.3 is 10.1 Å². The van der Waals surface area contributed by atoms with Crippen LogP contribution < -0.4 is 5.32 Å². The molecule has 1 heterocycles. The van der Waals surface area contributed by atoms with E-state index < -0.39 is 0 Å². The Morgan fingerprint density at radius 3 is 2.47 bits per heavy atom. The first kappa shape index (κ1) is 12.0. The van der Waals surface area contributed by atoms with Crippen LogP contribution in [0.15, 0.2) is 0 Å². The summed E-state index contributed by atoms with van der Waals surface area (Å²) in [4.78, 5) is 0. The molecule has 0 radical (unpaired) electrons. The van der Waals surface area contributed by atoms with E-state index in [0.717, 1.165) is 49.5 Å². The molecule has 0 bridgehead atoms. The second-order valence-corrected chi connectivity index (χ2v) is 6.25. The molecule has 1 saturated heterocycles. The van der Waals surface area contributed by atoms with E-state index in [1.165, 1.54) is 38.5 Å². The van der Waals surface area contributed by atoms with Crippen LogP contribution in [-0.4, -0.2) is 25.8 Å². The van der Waals surface area contributed by atoms with E-state index in [-0.39, 0.29) is 0 Å². The zero-order valence-electron chi connectivity index (χ0n) is 11.2. The quantitative estimate of drug-likeness (QED) is 0.812. The van der Waals surface area contributed by atoms with Gasteiger partial charge in [0, 0.05) is 12.6 Å². The molecular formula is C15H27NO. The highest BCUT2D eigenvalue weighted by atomic mass is 16.5. The van der Waals surface area contributed by atoms with E-state index in [2.05, 4.69) is 12.2 Å². The van der Waals surface area contributed by atoms with Gasteiger partial charge in [-0.2, -0.15) is 0 Å². The van der Waals surface area contributed by atoms with Crippen molar-refractivity contribution in [2.75, 3.05) is 19.8 Å². The molecule has 1 aliphatic heterocycles. The van der Waals surface area contributed by atoms with E-state index in [9.17, 15) is 0 Å². The van der Waals surface area contributed by atoms with Crippen molar-refractivity contribution >= 4 is 0 Å². The first-order valence-corrected chi connectivity index (χ1v) is 7.73. The van der Waals surface area contributed by atoms with Crippen molar-refractivity contribution < 1.29 is 4.74 Å². The minimum atomic E-state index is 0.758. The van der Waals surface area contributed by atoms with E-state index in [4.69, 9.17) is 4.74 Å². The lowest BCUT2D eigenvalue weighted by atomic mass is 9.89. The van der Waals surface area contributed by atoms with Gasteiger partial charge in [-0.25, -0.2) is 0 Å². The molecule has 0 spiro atoms. The van der Waals surface area contributed by atoms with Gasteiger partial charge in [-0.3, -0.25) is 0 Å². The van der Waals surface area contributed by atoms with Gasteiger partial charge in [0.1, 0.15) is 0 Å². The Balaban J connectivity index is 1.63. The van der Waals surface area contributed by atoms with Crippen LogP contribution in [-0.2, 0) is 4.74 Å². The molecule has 3 rings (SSSR count). The van der Waals surface area contributed by atoms with Gasteiger partial charge in [0.2, 0.25) is 0 Å². The SMILES string of the molecule is CCNC(C1CCCOC1)C1C2CCCCC21. The van der Waals surface area contributed by atoms with Crippen LogP contribution >= 0.6 is 0 Å². The molecule has 1 N–H and O–H groups in total. The molecule has 0 aromatic carbocycles. The average Bonchev–Trinajstić information content (AvgIpc) is 3.11. The molecule has 4 unspecified atom stereocenters. The summed E-state index contributed by atoms with van der Waals surface area (Å²) in [5, 5.41) is 3.79. The molecule has 98 valence electrons. The van der Waals surface area contributed by atoms with Crippen LogP contribution in [0.1, 0.15) is 45.4 Å². The van der Waals surface area contributed by atoms with E-state index >= 15 is 0 Å². The molecule has 3 fully saturated rings. The molecule has 2 saturated carbocycles. The topological polar surface area (TPSA) is 21.3 Å². The fourth-order valence-electron chi connectivity index (χ4n) is 4.48. The van der Waals surface area contributed by atoms with Gasteiger partial charge in [-0.15, -0.1) is 0 Å². The Labute approximate surface area is 105 Å². The fraction of sp³-hybridized carbons (Fsp3) is 1.00. The molecule has 0 aromatic heterocycles. The summed E-state index contributed by atoms with van der Waals surface area (Å²) < 4.78 is 5.70. The van der Waals surface area contributed by atoms with Gasteiger partial charge >= 0.3 is 0 Å². The number of fused-ring (bicyclic) bond motifs is 1. The van der Waals surface area contributed by atoms with Crippen molar-refractivity contribution in [2.24, 2.45) is 23.7 Å². The van der Waals surface area contributed by atoms with Crippen molar-refractivity contribution in [2.45, 2.75) is 51.5 Å². The van der Waals surface area contributed by atoms with Gasteiger partial charge in [0.25, 0.3) is 0 Å². The maximum atomic E-state index is 5.70. The monoisotopic (exact) mass is 237 g/mol. The summed E-state index contributed by atoms with van der Waals surface area (Å²) in [6.45, 7) is 5.38. The van der Waals surface area contributed by atoms with Crippen LogP contribution in [0.3, 0.4) is 0 Å². The van der Waals surface area contributed by atoms with E-state index in [0.29, 0.717) is 0 Å². The first-order valence-electron chi connectivity index (χ1n) is 7.73. The molecule has 2 heteroatoms. The highest BCUT2D eigenvalue weighted by Crippen LogP contribution is 2.58. The first-order chi connectivity index (χ1) is 8.42. The van der Waals surface area contributed by atoms with Crippen molar-refractivity contribution in [3.05, 3.63) is 0 Å². The number of ether oxygens (including phenoxy) is 1. The molecule has 17 heavy (non-hydrogen) atoms. The molecule has 4 atom stereocenters. The molecule has 0 amide bonds. The van der Waals surface area contributed by atoms with Crippen molar-refractivity contribution in [3.8, 4) is 0 Å². The second-order valence-electron chi connectivity index (χ2n) is 6.25. The Morgan fingerprint density at radius 2 is 1.88 bits per heavy atom. The lowest BCUT2D eigenvalue weighted by Gasteiger charge is -2.31. The zero-order valence-corrected chi connectivity index (χ0v) is 11.2. The highest BCUT2D eigenvalue weighted by molar-refractivity contribution is 5.06. The van der Waals surface area contributed by atoms with Crippen LogP contribution in [0.25, 0.3) is 0 Å². The highest BCUT2D eigenvalue weighted by Gasteiger charge is 2.55. The predicted octanol–water partition coefficient (Wildman–Crippen LogP) is 2.83. The lowest BCUT2D eigenvalue weighted by Crippen LogP contribution is -2.42. The zero-order chi connectivity index (χ0) is 11.7. The third-order valence-corrected chi connectivity index (χ3v) is 5.28. The van der Waals surface area contributed by atoms with Crippen molar-refractivity contribution in [1.29, 1.82) is 0 Å². The Bertz CT molecular complexity index is 237. The summed E-state index contributed by atoms with van der Waals surface area (Å²) in [7, 11) is 0. The number of hydrogen-bond acceptors (Lipinski definition) is 2.